The minimum atomic E-state index is 0.120. The standard InChI is InChI=1S/C35H44N2O6/c1-27(2)29-10-9-11-30(28(3)4)35(29)37-17-16-36(26-37)18-19-41-33-14-7-8-15-34(33)43-25-23-40-21-20-39-22-24-42-32-13-6-5-12-31(32)38/h5-17,27-28,38H,18-25H2,1-4H3. The molecule has 4 rings (SSSR count). The SMILES string of the molecule is CC(C)c1cccc(C(C)C)c1N1[C]N(CCOc2ccccc2OCCOCCOCCOc2ccccc2O)C=C1. The van der Waals surface area contributed by atoms with E-state index in [2.05, 4.69) is 63.7 Å². The van der Waals surface area contributed by atoms with Gasteiger partial charge < -0.3 is 38.6 Å². The average Bonchev–Trinajstić information content (AvgIpc) is 3.47. The number of para-hydroxylation sites is 5. The van der Waals surface area contributed by atoms with Gasteiger partial charge in [0.25, 0.3) is 0 Å². The van der Waals surface area contributed by atoms with Gasteiger partial charge >= 0.3 is 0 Å². The van der Waals surface area contributed by atoms with Crippen LogP contribution in [0.15, 0.2) is 79.1 Å². The molecule has 43 heavy (non-hydrogen) atoms. The van der Waals surface area contributed by atoms with Gasteiger partial charge in [-0.1, -0.05) is 70.2 Å². The molecule has 0 atom stereocenters. The van der Waals surface area contributed by atoms with Crippen LogP contribution in [0.3, 0.4) is 0 Å². The van der Waals surface area contributed by atoms with E-state index in [1.54, 1.807) is 18.2 Å². The summed E-state index contributed by atoms with van der Waals surface area (Å²) < 4.78 is 28.6. The molecule has 0 aliphatic carbocycles. The van der Waals surface area contributed by atoms with Gasteiger partial charge in [0.15, 0.2) is 23.0 Å². The number of hydrogen-bond acceptors (Lipinski definition) is 8. The largest absolute Gasteiger partial charge is 0.504 e. The maximum atomic E-state index is 9.69. The molecule has 8 heteroatoms. The first kappa shape index (κ1) is 32.0. The molecule has 0 unspecified atom stereocenters. The lowest BCUT2D eigenvalue weighted by Crippen LogP contribution is -2.25. The summed E-state index contributed by atoms with van der Waals surface area (Å²) in [4.78, 5) is 4.13. The average molecular weight is 589 g/mol. The van der Waals surface area contributed by atoms with Crippen LogP contribution in [0.5, 0.6) is 23.0 Å². The van der Waals surface area contributed by atoms with Crippen molar-refractivity contribution in [3.8, 4) is 23.0 Å². The topological polar surface area (TPSA) is 72.9 Å². The highest BCUT2D eigenvalue weighted by molar-refractivity contribution is 5.65. The first-order chi connectivity index (χ1) is 20.9. The normalized spacial score (nSPS) is 12.9. The van der Waals surface area contributed by atoms with Gasteiger partial charge in [0.1, 0.15) is 19.8 Å². The van der Waals surface area contributed by atoms with Crippen LogP contribution in [0.4, 0.5) is 5.69 Å². The number of phenols is 1. The van der Waals surface area contributed by atoms with Crippen molar-refractivity contribution in [3.05, 3.63) is 96.9 Å². The molecule has 0 fully saturated rings. The molecular weight excluding hydrogens is 544 g/mol. The van der Waals surface area contributed by atoms with Crippen LogP contribution in [0.2, 0.25) is 0 Å². The zero-order valence-electron chi connectivity index (χ0n) is 25.7. The Morgan fingerprint density at radius 1 is 0.605 bits per heavy atom. The number of nitrogens with zero attached hydrogens (tertiary/aromatic N) is 2. The van der Waals surface area contributed by atoms with Gasteiger partial charge in [-0.2, -0.15) is 0 Å². The lowest BCUT2D eigenvalue weighted by atomic mass is 9.92. The quantitative estimate of drug-likeness (QED) is 0.163. The summed E-state index contributed by atoms with van der Waals surface area (Å²) in [5.74, 6) is 2.78. The molecular formula is C35H44N2O6. The van der Waals surface area contributed by atoms with Crippen LogP contribution in [0, 0.1) is 6.67 Å². The second-order valence-electron chi connectivity index (χ2n) is 10.7. The number of phenolic OH excluding ortho intramolecular Hbond substituents is 1. The lowest BCUT2D eigenvalue weighted by Gasteiger charge is -2.27. The first-order valence-electron chi connectivity index (χ1n) is 15.0. The van der Waals surface area contributed by atoms with Gasteiger partial charge in [0.05, 0.1) is 38.7 Å². The Kier molecular flexibility index (Phi) is 12.4. The number of aromatic hydroxyl groups is 1. The zero-order chi connectivity index (χ0) is 30.4. The maximum Gasteiger partial charge on any atom is 0.212 e. The Labute approximate surface area is 256 Å². The van der Waals surface area contributed by atoms with Crippen molar-refractivity contribution in [3.63, 3.8) is 0 Å². The van der Waals surface area contributed by atoms with E-state index in [1.165, 1.54) is 16.8 Å². The van der Waals surface area contributed by atoms with Crippen molar-refractivity contribution >= 4 is 5.69 Å². The highest BCUT2D eigenvalue weighted by Gasteiger charge is 2.23. The van der Waals surface area contributed by atoms with Crippen molar-refractivity contribution < 1.29 is 28.8 Å². The molecule has 1 aliphatic rings. The molecule has 1 heterocycles. The summed E-state index contributed by atoms with van der Waals surface area (Å²) in [6.45, 7) is 16.0. The van der Waals surface area contributed by atoms with Crippen molar-refractivity contribution in [2.75, 3.05) is 57.7 Å². The Bertz CT molecular complexity index is 1270. The third-order valence-corrected chi connectivity index (χ3v) is 6.86. The van der Waals surface area contributed by atoms with E-state index in [-0.39, 0.29) is 5.75 Å². The lowest BCUT2D eigenvalue weighted by molar-refractivity contribution is 0.0268. The van der Waals surface area contributed by atoms with Crippen molar-refractivity contribution in [2.24, 2.45) is 0 Å². The molecule has 1 N–H and O–H groups in total. The minimum absolute atomic E-state index is 0.120. The molecule has 3 aromatic carbocycles. The van der Waals surface area contributed by atoms with E-state index in [0.29, 0.717) is 81.9 Å². The highest BCUT2D eigenvalue weighted by atomic mass is 16.6. The van der Waals surface area contributed by atoms with E-state index >= 15 is 0 Å². The van der Waals surface area contributed by atoms with Gasteiger partial charge in [-0.25, -0.2) is 0 Å². The molecule has 0 amide bonds. The van der Waals surface area contributed by atoms with E-state index in [1.807, 2.05) is 41.4 Å². The van der Waals surface area contributed by atoms with Crippen molar-refractivity contribution in [1.82, 2.24) is 4.90 Å². The van der Waals surface area contributed by atoms with Crippen molar-refractivity contribution in [2.45, 2.75) is 39.5 Å². The molecule has 0 bridgehead atoms. The number of anilines is 1. The number of hydrogen-bond donors (Lipinski definition) is 1. The maximum absolute atomic E-state index is 9.69. The van der Waals surface area contributed by atoms with E-state index in [4.69, 9.17) is 23.7 Å². The molecule has 2 radical (unpaired) electrons. The summed E-state index contributed by atoms with van der Waals surface area (Å²) in [6, 6.07) is 21.1. The Balaban J connectivity index is 1.12. The number of benzene rings is 3. The van der Waals surface area contributed by atoms with Gasteiger partial charge in [-0.15, -0.1) is 0 Å². The smallest absolute Gasteiger partial charge is 0.212 e. The monoisotopic (exact) mass is 588 g/mol. The molecule has 8 nitrogen and oxygen atoms in total. The Hall–Kier alpha value is -3.88. The second kappa shape index (κ2) is 16.7. The molecule has 230 valence electrons. The first-order valence-corrected chi connectivity index (χ1v) is 15.0. The van der Waals surface area contributed by atoms with Gasteiger partial charge in [0, 0.05) is 12.4 Å². The molecule has 3 aromatic rings. The van der Waals surface area contributed by atoms with Crippen LogP contribution >= 0.6 is 0 Å². The van der Waals surface area contributed by atoms with Crippen LogP contribution in [-0.4, -0.2) is 62.8 Å². The van der Waals surface area contributed by atoms with Gasteiger partial charge in [0.2, 0.25) is 6.67 Å². The van der Waals surface area contributed by atoms with Gasteiger partial charge in [-0.3, -0.25) is 0 Å². The van der Waals surface area contributed by atoms with E-state index < -0.39 is 0 Å². The summed E-state index contributed by atoms with van der Waals surface area (Å²) >= 11 is 0. The fraction of sp³-hybridized carbons (Fsp3) is 0.400. The third kappa shape index (κ3) is 9.56. The molecule has 0 spiro atoms. The number of rotatable bonds is 18. The number of ether oxygens (including phenoxy) is 5. The van der Waals surface area contributed by atoms with Crippen LogP contribution < -0.4 is 19.1 Å². The van der Waals surface area contributed by atoms with Crippen molar-refractivity contribution in [1.29, 1.82) is 0 Å². The fourth-order valence-corrected chi connectivity index (χ4v) is 4.66. The van der Waals surface area contributed by atoms with Crippen LogP contribution in [-0.2, 0) is 9.47 Å². The highest BCUT2D eigenvalue weighted by Crippen LogP contribution is 2.37. The predicted molar refractivity (Wildman–Crippen MR) is 169 cm³/mol. The minimum Gasteiger partial charge on any atom is -0.504 e. The van der Waals surface area contributed by atoms with E-state index in [0.717, 1.165) is 0 Å². The summed E-state index contributed by atoms with van der Waals surface area (Å²) in [7, 11) is 0. The Morgan fingerprint density at radius 3 is 1.70 bits per heavy atom. The third-order valence-electron chi connectivity index (χ3n) is 6.86. The zero-order valence-corrected chi connectivity index (χ0v) is 25.7. The summed E-state index contributed by atoms with van der Waals surface area (Å²) in [5.41, 5.74) is 3.86. The fourth-order valence-electron chi connectivity index (χ4n) is 4.66. The molecule has 0 aromatic heterocycles. The summed E-state index contributed by atoms with van der Waals surface area (Å²) in [5, 5.41) is 9.69. The predicted octanol–water partition coefficient (Wildman–Crippen LogP) is 6.80. The molecule has 0 saturated heterocycles. The second-order valence-corrected chi connectivity index (χ2v) is 10.7. The van der Waals surface area contributed by atoms with Crippen LogP contribution in [0.25, 0.3) is 0 Å². The van der Waals surface area contributed by atoms with E-state index in [9.17, 15) is 5.11 Å². The Morgan fingerprint density at radius 2 is 1.12 bits per heavy atom. The summed E-state index contributed by atoms with van der Waals surface area (Å²) in [6.07, 6.45) is 4.11. The molecule has 0 saturated carbocycles. The van der Waals surface area contributed by atoms with Crippen LogP contribution in [0.1, 0.15) is 50.7 Å². The van der Waals surface area contributed by atoms with Gasteiger partial charge in [-0.05, 0) is 47.2 Å². The molecule has 1 aliphatic heterocycles.